The molecule has 138 valence electrons. The molecule has 7 heteroatoms. The van der Waals surface area contributed by atoms with Crippen molar-refractivity contribution in [3.8, 4) is 0 Å². The van der Waals surface area contributed by atoms with Crippen LogP contribution in [0.2, 0.25) is 0 Å². The highest BCUT2D eigenvalue weighted by atomic mass is 32.2. The second-order valence-electron chi connectivity index (χ2n) is 7.95. The molecule has 4 rings (SSSR count). The minimum Gasteiger partial charge on any atom is -0.339 e. The molecule has 3 heterocycles. The minimum atomic E-state index is -0.673. The van der Waals surface area contributed by atoms with E-state index in [9.17, 15) is 14.4 Å². The van der Waals surface area contributed by atoms with E-state index in [2.05, 4.69) is 5.32 Å². The molecule has 1 atom stereocenters. The first-order valence-electron chi connectivity index (χ1n) is 9.60. The Balaban J connectivity index is 1.39. The first-order chi connectivity index (χ1) is 12.1. The molecule has 0 bridgehead atoms. The highest BCUT2D eigenvalue weighted by molar-refractivity contribution is 7.99. The van der Waals surface area contributed by atoms with Gasteiger partial charge in [0.1, 0.15) is 5.54 Å². The highest BCUT2D eigenvalue weighted by Gasteiger charge is 2.52. The molecule has 1 N–H and O–H groups in total. The Labute approximate surface area is 153 Å². The summed E-state index contributed by atoms with van der Waals surface area (Å²) in [6, 6.07) is 0.108. The van der Waals surface area contributed by atoms with E-state index in [1.54, 1.807) is 0 Å². The number of hydrogen-bond acceptors (Lipinski definition) is 4. The van der Waals surface area contributed by atoms with E-state index in [1.807, 2.05) is 16.7 Å². The topological polar surface area (TPSA) is 69.7 Å². The zero-order valence-electron chi connectivity index (χ0n) is 14.7. The third kappa shape index (κ3) is 3.15. The Kier molecular flexibility index (Phi) is 4.69. The SMILES string of the molecule is O=C1NC2(CCSCC2)C(=O)N1CC1CC(=O)N(C2CCCCC2)C1. The molecule has 0 aromatic rings. The van der Waals surface area contributed by atoms with E-state index in [4.69, 9.17) is 0 Å². The van der Waals surface area contributed by atoms with Crippen molar-refractivity contribution in [2.24, 2.45) is 5.92 Å². The Hall–Kier alpha value is -1.24. The fourth-order valence-electron chi connectivity index (χ4n) is 4.84. The van der Waals surface area contributed by atoms with Crippen molar-refractivity contribution < 1.29 is 14.4 Å². The third-order valence-corrected chi connectivity index (χ3v) is 7.27. The van der Waals surface area contributed by atoms with E-state index in [0.717, 1.165) is 37.2 Å². The fourth-order valence-corrected chi connectivity index (χ4v) is 6.03. The molecule has 4 fully saturated rings. The average molecular weight is 365 g/mol. The summed E-state index contributed by atoms with van der Waals surface area (Å²) in [5, 5.41) is 2.95. The van der Waals surface area contributed by atoms with Crippen LogP contribution in [0.1, 0.15) is 51.4 Å². The molecule has 1 unspecified atom stereocenters. The summed E-state index contributed by atoms with van der Waals surface area (Å²) >= 11 is 1.84. The van der Waals surface area contributed by atoms with Crippen molar-refractivity contribution in [3.63, 3.8) is 0 Å². The number of rotatable bonds is 3. The number of nitrogens with zero attached hydrogens (tertiary/aromatic N) is 2. The molecule has 1 spiro atoms. The number of imide groups is 1. The molecule has 3 saturated heterocycles. The van der Waals surface area contributed by atoms with E-state index in [0.29, 0.717) is 25.6 Å². The highest BCUT2D eigenvalue weighted by Crippen LogP contribution is 2.34. The van der Waals surface area contributed by atoms with E-state index < -0.39 is 5.54 Å². The fraction of sp³-hybridized carbons (Fsp3) is 0.833. The third-order valence-electron chi connectivity index (χ3n) is 6.29. The molecule has 0 aromatic carbocycles. The van der Waals surface area contributed by atoms with E-state index >= 15 is 0 Å². The summed E-state index contributed by atoms with van der Waals surface area (Å²) in [6.07, 6.45) is 7.78. The normalized spacial score (nSPS) is 30.4. The molecule has 6 nitrogen and oxygen atoms in total. The summed E-state index contributed by atoms with van der Waals surface area (Å²) in [5.41, 5.74) is -0.673. The van der Waals surface area contributed by atoms with Crippen LogP contribution in [0.5, 0.6) is 0 Å². The molecule has 4 aliphatic rings. The maximum absolute atomic E-state index is 12.9. The molecule has 4 amide bonds. The maximum atomic E-state index is 12.9. The molecule has 25 heavy (non-hydrogen) atoms. The Morgan fingerprint density at radius 2 is 1.80 bits per heavy atom. The van der Waals surface area contributed by atoms with Crippen molar-refractivity contribution >= 4 is 29.6 Å². The molecule has 1 aliphatic carbocycles. The zero-order chi connectivity index (χ0) is 17.4. The van der Waals surface area contributed by atoms with Gasteiger partial charge in [-0.1, -0.05) is 19.3 Å². The van der Waals surface area contributed by atoms with Gasteiger partial charge in [0.2, 0.25) is 5.91 Å². The van der Waals surface area contributed by atoms with Gasteiger partial charge in [-0.3, -0.25) is 14.5 Å². The van der Waals surface area contributed by atoms with E-state index in [1.165, 1.54) is 24.2 Å². The van der Waals surface area contributed by atoms with Crippen molar-refractivity contribution in [3.05, 3.63) is 0 Å². The number of amides is 4. The van der Waals surface area contributed by atoms with Gasteiger partial charge >= 0.3 is 6.03 Å². The lowest BCUT2D eigenvalue weighted by molar-refractivity contribution is -0.132. The smallest absolute Gasteiger partial charge is 0.325 e. The number of urea groups is 1. The number of likely N-dealkylation sites (tertiary alicyclic amines) is 1. The lowest BCUT2D eigenvalue weighted by Crippen LogP contribution is -2.49. The van der Waals surface area contributed by atoms with Crippen LogP contribution in [0.15, 0.2) is 0 Å². The minimum absolute atomic E-state index is 0.0682. The van der Waals surface area contributed by atoms with Gasteiger partial charge < -0.3 is 10.2 Å². The van der Waals surface area contributed by atoms with Crippen molar-refractivity contribution in [2.45, 2.75) is 62.9 Å². The summed E-state index contributed by atoms with van der Waals surface area (Å²) in [7, 11) is 0. The number of hydrogen-bond donors (Lipinski definition) is 1. The first-order valence-corrected chi connectivity index (χ1v) is 10.8. The van der Waals surface area contributed by atoms with Gasteiger partial charge in [0.15, 0.2) is 0 Å². The van der Waals surface area contributed by atoms with Gasteiger partial charge in [0.25, 0.3) is 5.91 Å². The largest absolute Gasteiger partial charge is 0.339 e. The Bertz CT molecular complexity index is 570. The average Bonchev–Trinajstić information content (AvgIpc) is 3.10. The monoisotopic (exact) mass is 365 g/mol. The molecule has 0 aromatic heterocycles. The molecule has 3 aliphatic heterocycles. The van der Waals surface area contributed by atoms with Crippen LogP contribution in [0.4, 0.5) is 4.79 Å². The Morgan fingerprint density at radius 1 is 1.08 bits per heavy atom. The molecular weight excluding hydrogens is 338 g/mol. The van der Waals surface area contributed by atoms with Crippen molar-refractivity contribution in [1.29, 1.82) is 0 Å². The van der Waals surface area contributed by atoms with Crippen LogP contribution in [0, 0.1) is 5.92 Å². The lowest BCUT2D eigenvalue weighted by atomic mass is 9.92. The molecular formula is C18H27N3O3S. The summed E-state index contributed by atoms with van der Waals surface area (Å²) < 4.78 is 0. The number of carbonyl (C=O) groups excluding carboxylic acids is 3. The van der Waals surface area contributed by atoms with Gasteiger partial charge in [-0.05, 0) is 37.2 Å². The molecule has 1 saturated carbocycles. The van der Waals surface area contributed by atoms with Crippen LogP contribution in [0.3, 0.4) is 0 Å². The van der Waals surface area contributed by atoms with E-state index in [-0.39, 0.29) is 23.8 Å². The quantitative estimate of drug-likeness (QED) is 0.777. The van der Waals surface area contributed by atoms with Gasteiger partial charge in [-0.15, -0.1) is 0 Å². The summed E-state index contributed by atoms with van der Waals surface area (Å²) in [4.78, 5) is 41.1. The molecule has 0 radical (unpaired) electrons. The van der Waals surface area contributed by atoms with Crippen LogP contribution in [0.25, 0.3) is 0 Å². The number of carbonyl (C=O) groups is 3. The zero-order valence-corrected chi connectivity index (χ0v) is 15.5. The first kappa shape index (κ1) is 17.2. The van der Waals surface area contributed by atoms with Crippen LogP contribution < -0.4 is 5.32 Å². The lowest BCUT2D eigenvalue weighted by Gasteiger charge is -2.31. The predicted octanol–water partition coefficient (Wildman–Crippen LogP) is 1.99. The van der Waals surface area contributed by atoms with Gasteiger partial charge in [0.05, 0.1) is 0 Å². The van der Waals surface area contributed by atoms with Crippen molar-refractivity contribution in [1.82, 2.24) is 15.1 Å². The summed E-state index contributed by atoms with van der Waals surface area (Å²) in [5.74, 6) is 2.04. The second kappa shape index (κ2) is 6.82. The van der Waals surface area contributed by atoms with Gasteiger partial charge in [-0.25, -0.2) is 4.79 Å². The number of thioether (sulfide) groups is 1. The van der Waals surface area contributed by atoms with Crippen LogP contribution >= 0.6 is 11.8 Å². The summed E-state index contributed by atoms with van der Waals surface area (Å²) in [6.45, 7) is 1.08. The van der Waals surface area contributed by atoms with Crippen LogP contribution in [-0.4, -0.2) is 63.8 Å². The second-order valence-corrected chi connectivity index (χ2v) is 9.17. The van der Waals surface area contributed by atoms with Crippen molar-refractivity contribution in [2.75, 3.05) is 24.6 Å². The maximum Gasteiger partial charge on any atom is 0.325 e. The van der Waals surface area contributed by atoms with Gasteiger partial charge in [0, 0.05) is 31.5 Å². The van der Waals surface area contributed by atoms with Gasteiger partial charge in [-0.2, -0.15) is 11.8 Å². The number of nitrogens with one attached hydrogen (secondary N) is 1. The Morgan fingerprint density at radius 3 is 2.52 bits per heavy atom. The van der Waals surface area contributed by atoms with Crippen LogP contribution in [-0.2, 0) is 9.59 Å². The predicted molar refractivity (Wildman–Crippen MR) is 96.2 cm³/mol. The standard InChI is InChI=1S/C18H27N3O3S/c22-15-10-13(11-20(15)14-4-2-1-3-5-14)12-21-16(23)18(19-17(21)24)6-8-25-9-7-18/h13-14H,1-12H2,(H,19,24).